The van der Waals surface area contributed by atoms with Crippen molar-refractivity contribution in [2.45, 2.75) is 38.7 Å². The normalized spacial score (nSPS) is 13.9. The summed E-state index contributed by atoms with van der Waals surface area (Å²) in [5, 5.41) is 0. The van der Waals surface area contributed by atoms with Crippen LogP contribution in [0, 0.1) is 6.92 Å². The molecular weight excluding hydrogens is 344 g/mol. The molecule has 0 atom stereocenters. The molecule has 0 saturated heterocycles. The number of hydrogen-bond acceptors (Lipinski definition) is 4. The lowest BCUT2D eigenvalue weighted by Gasteiger charge is -2.16. The first-order valence-corrected chi connectivity index (χ1v) is 9.09. The molecule has 1 aliphatic carbocycles. The Morgan fingerprint density at radius 1 is 0.963 bits per heavy atom. The molecule has 0 aliphatic heterocycles. The molecule has 0 spiro atoms. The van der Waals surface area contributed by atoms with Crippen molar-refractivity contribution in [3.05, 3.63) is 59.2 Å². The highest BCUT2D eigenvalue weighted by molar-refractivity contribution is 6.00. The third kappa shape index (κ3) is 4.58. The summed E-state index contributed by atoms with van der Waals surface area (Å²) in [7, 11) is 1.54. The van der Waals surface area contributed by atoms with Gasteiger partial charge < -0.3 is 9.47 Å². The standard InChI is InChI=1S/C21H24N2O4/c1-14-7-3-6-10-17(14)21(25)23-22-20(24)15-11-12-18(19(13-15)26-2)27-16-8-4-5-9-16/h3,6-7,10-13,16H,4-5,8-9H2,1-2H3,(H,22,24)(H,23,25). The van der Waals surface area contributed by atoms with Gasteiger partial charge in [0.25, 0.3) is 11.8 Å². The second-order valence-electron chi connectivity index (χ2n) is 6.61. The van der Waals surface area contributed by atoms with Gasteiger partial charge in [0.1, 0.15) is 0 Å². The van der Waals surface area contributed by atoms with Crippen LogP contribution in [-0.2, 0) is 0 Å². The molecule has 0 unspecified atom stereocenters. The van der Waals surface area contributed by atoms with E-state index in [0.717, 1.165) is 18.4 Å². The molecule has 6 nitrogen and oxygen atoms in total. The van der Waals surface area contributed by atoms with Crippen LogP contribution >= 0.6 is 0 Å². The van der Waals surface area contributed by atoms with E-state index in [0.29, 0.717) is 22.6 Å². The van der Waals surface area contributed by atoms with E-state index in [4.69, 9.17) is 9.47 Å². The maximum absolute atomic E-state index is 12.4. The molecule has 3 rings (SSSR count). The summed E-state index contributed by atoms with van der Waals surface area (Å²) >= 11 is 0. The molecule has 2 aromatic rings. The van der Waals surface area contributed by atoms with Crippen molar-refractivity contribution in [3.63, 3.8) is 0 Å². The van der Waals surface area contributed by atoms with Crippen LogP contribution in [0.3, 0.4) is 0 Å². The van der Waals surface area contributed by atoms with Crippen molar-refractivity contribution >= 4 is 11.8 Å². The fraction of sp³-hybridized carbons (Fsp3) is 0.333. The summed E-state index contributed by atoms with van der Waals surface area (Å²) in [5.74, 6) is 0.335. The van der Waals surface area contributed by atoms with Gasteiger partial charge in [0.05, 0.1) is 13.2 Å². The molecule has 1 fully saturated rings. The van der Waals surface area contributed by atoms with E-state index < -0.39 is 5.91 Å². The first-order chi connectivity index (χ1) is 13.1. The molecule has 0 bridgehead atoms. The number of ether oxygens (including phenoxy) is 2. The Balaban J connectivity index is 1.64. The fourth-order valence-corrected chi connectivity index (χ4v) is 3.17. The maximum Gasteiger partial charge on any atom is 0.269 e. The molecule has 0 aromatic heterocycles. The van der Waals surface area contributed by atoms with Crippen LogP contribution in [0.2, 0.25) is 0 Å². The van der Waals surface area contributed by atoms with Crippen LogP contribution in [0.5, 0.6) is 11.5 Å². The minimum absolute atomic E-state index is 0.201. The molecule has 1 saturated carbocycles. The van der Waals surface area contributed by atoms with E-state index in [-0.39, 0.29) is 12.0 Å². The predicted octanol–water partition coefficient (Wildman–Crippen LogP) is 3.40. The number of hydrazine groups is 1. The lowest BCUT2D eigenvalue weighted by atomic mass is 10.1. The van der Waals surface area contributed by atoms with Gasteiger partial charge in [-0.15, -0.1) is 0 Å². The Bertz CT molecular complexity index is 829. The van der Waals surface area contributed by atoms with Crippen molar-refractivity contribution < 1.29 is 19.1 Å². The van der Waals surface area contributed by atoms with Crippen LogP contribution in [0.4, 0.5) is 0 Å². The summed E-state index contributed by atoms with van der Waals surface area (Å²) in [6, 6.07) is 12.2. The van der Waals surface area contributed by atoms with Crippen molar-refractivity contribution in [1.82, 2.24) is 10.9 Å². The maximum atomic E-state index is 12.4. The third-order valence-corrected chi connectivity index (χ3v) is 4.70. The number of carbonyl (C=O) groups is 2. The number of nitrogens with one attached hydrogen (secondary N) is 2. The zero-order valence-electron chi connectivity index (χ0n) is 15.6. The number of amides is 2. The van der Waals surface area contributed by atoms with Gasteiger partial charge in [0, 0.05) is 11.1 Å². The van der Waals surface area contributed by atoms with Gasteiger partial charge >= 0.3 is 0 Å². The highest BCUT2D eigenvalue weighted by Crippen LogP contribution is 2.32. The number of carbonyl (C=O) groups excluding carboxylic acids is 2. The van der Waals surface area contributed by atoms with Crippen molar-refractivity contribution in [1.29, 1.82) is 0 Å². The van der Waals surface area contributed by atoms with Gasteiger partial charge in [-0.2, -0.15) is 0 Å². The lowest BCUT2D eigenvalue weighted by Crippen LogP contribution is -2.41. The average molecular weight is 368 g/mol. The van der Waals surface area contributed by atoms with E-state index in [9.17, 15) is 9.59 Å². The van der Waals surface area contributed by atoms with E-state index >= 15 is 0 Å². The molecule has 1 aliphatic rings. The summed E-state index contributed by atoms with van der Waals surface area (Å²) in [4.78, 5) is 24.6. The topological polar surface area (TPSA) is 76.7 Å². The SMILES string of the molecule is COc1cc(C(=O)NNC(=O)c2ccccc2C)ccc1OC1CCCC1. The Kier molecular flexibility index (Phi) is 5.96. The third-order valence-electron chi connectivity index (χ3n) is 4.70. The molecule has 142 valence electrons. The summed E-state index contributed by atoms with van der Waals surface area (Å²) < 4.78 is 11.3. The highest BCUT2D eigenvalue weighted by atomic mass is 16.5. The minimum atomic E-state index is -0.428. The van der Waals surface area contributed by atoms with Crippen LogP contribution < -0.4 is 20.3 Å². The number of methoxy groups -OCH3 is 1. The zero-order valence-corrected chi connectivity index (χ0v) is 15.6. The second-order valence-corrected chi connectivity index (χ2v) is 6.61. The van der Waals surface area contributed by atoms with Crippen LogP contribution in [0.25, 0.3) is 0 Å². The first kappa shape index (κ1) is 18.8. The number of rotatable bonds is 5. The zero-order chi connectivity index (χ0) is 19.2. The Morgan fingerprint density at radius 3 is 2.37 bits per heavy atom. The van der Waals surface area contributed by atoms with E-state index in [2.05, 4.69) is 10.9 Å². The van der Waals surface area contributed by atoms with Crippen LogP contribution in [-0.4, -0.2) is 25.0 Å². The second kappa shape index (κ2) is 8.58. The average Bonchev–Trinajstić information content (AvgIpc) is 3.19. The monoisotopic (exact) mass is 368 g/mol. The predicted molar refractivity (Wildman–Crippen MR) is 102 cm³/mol. The lowest BCUT2D eigenvalue weighted by molar-refractivity contribution is 0.0846. The van der Waals surface area contributed by atoms with Crippen molar-refractivity contribution in [3.8, 4) is 11.5 Å². The van der Waals surface area contributed by atoms with Gasteiger partial charge in [0.15, 0.2) is 11.5 Å². The van der Waals surface area contributed by atoms with Crippen molar-refractivity contribution in [2.24, 2.45) is 0 Å². The van der Waals surface area contributed by atoms with E-state index in [1.165, 1.54) is 12.8 Å². The van der Waals surface area contributed by atoms with Crippen molar-refractivity contribution in [2.75, 3.05) is 7.11 Å². The fourth-order valence-electron chi connectivity index (χ4n) is 3.17. The Hall–Kier alpha value is -3.02. The smallest absolute Gasteiger partial charge is 0.269 e. The molecule has 2 aromatic carbocycles. The quantitative estimate of drug-likeness (QED) is 0.793. The summed E-state index contributed by atoms with van der Waals surface area (Å²) in [6.07, 6.45) is 4.63. The van der Waals surface area contributed by atoms with Crippen LogP contribution in [0.15, 0.2) is 42.5 Å². The van der Waals surface area contributed by atoms with Gasteiger partial charge in [-0.1, -0.05) is 18.2 Å². The number of aryl methyl sites for hydroxylation is 1. The first-order valence-electron chi connectivity index (χ1n) is 9.09. The van der Waals surface area contributed by atoms with E-state index in [1.807, 2.05) is 19.1 Å². The Morgan fingerprint density at radius 2 is 1.67 bits per heavy atom. The Labute approximate surface area is 158 Å². The molecular formula is C21H24N2O4. The molecule has 2 N–H and O–H groups in total. The molecule has 0 radical (unpaired) electrons. The highest BCUT2D eigenvalue weighted by Gasteiger charge is 2.19. The summed E-state index contributed by atoms with van der Waals surface area (Å²) in [6.45, 7) is 1.84. The van der Waals surface area contributed by atoms with E-state index in [1.54, 1.807) is 37.4 Å². The summed E-state index contributed by atoms with van der Waals surface area (Å²) in [5.41, 5.74) is 6.59. The van der Waals surface area contributed by atoms with Gasteiger partial charge in [-0.25, -0.2) is 0 Å². The van der Waals surface area contributed by atoms with Gasteiger partial charge in [-0.3, -0.25) is 20.4 Å². The molecule has 6 heteroatoms. The minimum Gasteiger partial charge on any atom is -0.493 e. The van der Waals surface area contributed by atoms with Gasteiger partial charge in [-0.05, 0) is 62.4 Å². The molecule has 27 heavy (non-hydrogen) atoms. The van der Waals surface area contributed by atoms with Crippen LogP contribution in [0.1, 0.15) is 52.0 Å². The molecule has 2 amide bonds. The largest absolute Gasteiger partial charge is 0.493 e. The number of benzene rings is 2. The van der Waals surface area contributed by atoms with Gasteiger partial charge in [0.2, 0.25) is 0 Å². The molecule has 0 heterocycles. The number of hydrogen-bond donors (Lipinski definition) is 2.